The van der Waals surface area contributed by atoms with Gasteiger partial charge in [-0.25, -0.2) is 0 Å². The molecule has 1 aromatic carbocycles. The Labute approximate surface area is 135 Å². The topological polar surface area (TPSA) is 75.4 Å². The van der Waals surface area contributed by atoms with Crippen LogP contribution in [0.4, 0.5) is 5.69 Å². The zero-order chi connectivity index (χ0) is 17.0. The lowest BCUT2D eigenvalue weighted by Crippen LogP contribution is -2.50. The van der Waals surface area contributed by atoms with Crippen molar-refractivity contribution in [3.63, 3.8) is 0 Å². The molecule has 1 aromatic heterocycles. The van der Waals surface area contributed by atoms with Gasteiger partial charge in [0.25, 0.3) is 0 Å². The summed E-state index contributed by atoms with van der Waals surface area (Å²) < 4.78 is 1.61. The monoisotopic (exact) mass is 315 g/mol. The number of carbonyl (C=O) groups is 2. The Balaban J connectivity index is 2.47. The van der Waals surface area contributed by atoms with Crippen LogP contribution in [0.15, 0.2) is 42.7 Å². The lowest BCUT2D eigenvalue weighted by Gasteiger charge is -2.30. The third kappa shape index (κ3) is 2.97. The van der Waals surface area contributed by atoms with E-state index < -0.39 is 17.3 Å². The van der Waals surface area contributed by atoms with Crippen molar-refractivity contribution >= 4 is 17.6 Å². The molecule has 0 bridgehead atoms. The number of carbonyl (C=O) groups excluding carboxylic acids is 1. The summed E-state index contributed by atoms with van der Waals surface area (Å²) >= 11 is 0. The van der Waals surface area contributed by atoms with Crippen LogP contribution in [0, 0.1) is 0 Å². The van der Waals surface area contributed by atoms with E-state index in [0.29, 0.717) is 24.3 Å². The first-order valence-corrected chi connectivity index (χ1v) is 7.58. The fraction of sp³-hybridized carbons (Fsp3) is 0.353. The van der Waals surface area contributed by atoms with Gasteiger partial charge in [-0.05, 0) is 32.9 Å². The molecule has 6 heteroatoms. The van der Waals surface area contributed by atoms with E-state index in [4.69, 9.17) is 0 Å². The smallest absolute Gasteiger partial charge is 0.323 e. The van der Waals surface area contributed by atoms with Gasteiger partial charge in [0.15, 0.2) is 5.41 Å². The molecule has 2 aromatic rings. The third-order valence-corrected chi connectivity index (χ3v) is 4.02. The molecule has 6 nitrogen and oxygen atoms in total. The predicted octanol–water partition coefficient (Wildman–Crippen LogP) is 2.30. The van der Waals surface area contributed by atoms with Crippen molar-refractivity contribution in [1.82, 2.24) is 9.78 Å². The van der Waals surface area contributed by atoms with E-state index in [1.165, 1.54) is 18.0 Å². The van der Waals surface area contributed by atoms with Crippen LogP contribution in [-0.4, -0.2) is 33.3 Å². The molecule has 23 heavy (non-hydrogen) atoms. The maximum Gasteiger partial charge on any atom is 0.323 e. The van der Waals surface area contributed by atoms with Crippen LogP contribution < -0.4 is 4.90 Å². The molecule has 1 N–H and O–H groups in total. The number of aryl methyl sites for hydroxylation is 1. The molecule has 1 amide bonds. The minimum Gasteiger partial charge on any atom is -0.480 e. The van der Waals surface area contributed by atoms with Gasteiger partial charge in [-0.15, -0.1) is 0 Å². The average molecular weight is 315 g/mol. The largest absolute Gasteiger partial charge is 0.480 e. The number of hydrogen-bond acceptors (Lipinski definition) is 3. The number of rotatable bonds is 6. The molecular formula is C17H21N3O3. The standard InChI is InChI=1S/C17H21N3O3/c1-4-19-12-13(11-18-19)17(3,16(22)23)15(21)20(5-2)14-9-7-6-8-10-14/h6-12H,4-5H2,1-3H3,(H,22,23). The Morgan fingerprint density at radius 3 is 2.39 bits per heavy atom. The highest BCUT2D eigenvalue weighted by molar-refractivity contribution is 6.14. The van der Waals surface area contributed by atoms with Gasteiger partial charge >= 0.3 is 5.97 Å². The number of likely N-dealkylation sites (N-methyl/N-ethyl adjacent to an activating group) is 1. The van der Waals surface area contributed by atoms with Crippen molar-refractivity contribution in [3.05, 3.63) is 48.3 Å². The number of amides is 1. The van der Waals surface area contributed by atoms with E-state index in [2.05, 4.69) is 5.10 Å². The van der Waals surface area contributed by atoms with Crippen LogP contribution in [0.3, 0.4) is 0 Å². The quantitative estimate of drug-likeness (QED) is 0.830. The molecule has 0 spiro atoms. The van der Waals surface area contributed by atoms with Crippen LogP contribution in [0.5, 0.6) is 0 Å². The first kappa shape index (κ1) is 16.7. The summed E-state index contributed by atoms with van der Waals surface area (Å²) in [7, 11) is 0. The molecule has 0 aliphatic rings. The molecule has 0 fully saturated rings. The highest BCUT2D eigenvalue weighted by Gasteiger charge is 2.46. The number of hydrogen-bond donors (Lipinski definition) is 1. The minimum absolute atomic E-state index is 0.381. The first-order valence-electron chi connectivity index (χ1n) is 7.58. The van der Waals surface area contributed by atoms with E-state index in [-0.39, 0.29) is 0 Å². The first-order chi connectivity index (χ1) is 10.9. The number of nitrogens with zero attached hydrogens (tertiary/aromatic N) is 3. The van der Waals surface area contributed by atoms with Crippen molar-refractivity contribution in [1.29, 1.82) is 0 Å². The van der Waals surface area contributed by atoms with Gasteiger partial charge < -0.3 is 10.0 Å². The van der Waals surface area contributed by atoms with Gasteiger partial charge in [-0.1, -0.05) is 18.2 Å². The Bertz CT molecular complexity index is 696. The van der Waals surface area contributed by atoms with Crippen molar-refractivity contribution in [2.75, 3.05) is 11.4 Å². The van der Waals surface area contributed by atoms with Crippen LogP contribution in [0.2, 0.25) is 0 Å². The van der Waals surface area contributed by atoms with Crippen LogP contribution in [0.25, 0.3) is 0 Å². The predicted molar refractivity (Wildman–Crippen MR) is 87.4 cm³/mol. The molecule has 0 aliphatic heterocycles. The van der Waals surface area contributed by atoms with Gasteiger partial charge in [0, 0.05) is 30.5 Å². The fourth-order valence-corrected chi connectivity index (χ4v) is 2.45. The van der Waals surface area contributed by atoms with Gasteiger partial charge in [-0.2, -0.15) is 5.10 Å². The van der Waals surface area contributed by atoms with Crippen molar-refractivity contribution < 1.29 is 14.7 Å². The number of benzene rings is 1. The fourth-order valence-electron chi connectivity index (χ4n) is 2.45. The molecule has 0 saturated heterocycles. The summed E-state index contributed by atoms with van der Waals surface area (Å²) in [4.78, 5) is 26.5. The van der Waals surface area contributed by atoms with Crippen LogP contribution >= 0.6 is 0 Å². The van der Waals surface area contributed by atoms with Crippen LogP contribution in [-0.2, 0) is 21.5 Å². The normalized spacial score (nSPS) is 13.3. The van der Waals surface area contributed by atoms with E-state index in [1.807, 2.05) is 32.0 Å². The van der Waals surface area contributed by atoms with Gasteiger partial charge in [0.2, 0.25) is 5.91 Å². The number of aliphatic carboxylic acids is 1. The molecule has 1 heterocycles. The summed E-state index contributed by atoms with van der Waals surface area (Å²) in [5, 5.41) is 13.9. The lowest BCUT2D eigenvalue weighted by molar-refractivity contribution is -0.148. The van der Waals surface area contributed by atoms with E-state index in [0.717, 1.165) is 0 Å². The molecule has 2 rings (SSSR count). The number of carboxylic acids is 1. The van der Waals surface area contributed by atoms with E-state index in [9.17, 15) is 14.7 Å². The second kappa shape index (κ2) is 6.64. The molecule has 1 unspecified atom stereocenters. The molecule has 122 valence electrons. The summed E-state index contributed by atoms with van der Waals surface area (Å²) in [6.07, 6.45) is 3.07. The number of para-hydroxylation sites is 1. The average Bonchev–Trinajstić information content (AvgIpc) is 3.05. The lowest BCUT2D eigenvalue weighted by atomic mass is 9.82. The van der Waals surface area contributed by atoms with Crippen molar-refractivity contribution in [2.24, 2.45) is 0 Å². The van der Waals surface area contributed by atoms with Crippen molar-refractivity contribution in [2.45, 2.75) is 32.7 Å². The second-order valence-electron chi connectivity index (χ2n) is 5.40. The zero-order valence-electron chi connectivity index (χ0n) is 13.6. The van der Waals surface area contributed by atoms with Gasteiger partial charge in [-0.3, -0.25) is 14.3 Å². The Kier molecular flexibility index (Phi) is 4.83. The summed E-state index contributed by atoms with van der Waals surface area (Å²) in [5.74, 6) is -1.66. The number of aromatic nitrogens is 2. The SMILES string of the molecule is CCN(C(=O)C(C)(C(=O)O)c1cnn(CC)c1)c1ccccc1. The maximum absolute atomic E-state index is 13.0. The molecule has 0 aliphatic carbocycles. The second-order valence-corrected chi connectivity index (χ2v) is 5.40. The van der Waals surface area contributed by atoms with E-state index in [1.54, 1.807) is 23.0 Å². The highest BCUT2D eigenvalue weighted by Crippen LogP contribution is 2.29. The summed E-state index contributed by atoms with van der Waals surface area (Å²) in [5.41, 5.74) is -0.624. The highest BCUT2D eigenvalue weighted by atomic mass is 16.4. The summed E-state index contributed by atoms with van der Waals surface area (Å²) in [6.45, 7) is 6.15. The van der Waals surface area contributed by atoms with Gasteiger partial charge in [0.1, 0.15) is 0 Å². The van der Waals surface area contributed by atoms with Crippen LogP contribution in [0.1, 0.15) is 26.3 Å². The molecule has 0 saturated carbocycles. The summed E-state index contributed by atoms with van der Waals surface area (Å²) in [6, 6.07) is 9.07. The van der Waals surface area contributed by atoms with Crippen molar-refractivity contribution in [3.8, 4) is 0 Å². The molecule has 1 atom stereocenters. The number of carboxylic acid groups (broad SMARTS) is 1. The minimum atomic E-state index is -1.68. The molecule has 0 radical (unpaired) electrons. The third-order valence-electron chi connectivity index (χ3n) is 4.02. The maximum atomic E-state index is 13.0. The Morgan fingerprint density at radius 1 is 1.26 bits per heavy atom. The number of anilines is 1. The molecular weight excluding hydrogens is 294 g/mol. The van der Waals surface area contributed by atoms with E-state index >= 15 is 0 Å². The Hall–Kier alpha value is -2.63. The zero-order valence-corrected chi connectivity index (χ0v) is 13.6. The Morgan fingerprint density at radius 2 is 1.91 bits per heavy atom. The van der Waals surface area contributed by atoms with Gasteiger partial charge in [0.05, 0.1) is 6.20 Å².